The predicted octanol–water partition coefficient (Wildman–Crippen LogP) is 2.14. The molecule has 1 aromatic heterocycles. The number of nitrogen functional groups attached to an aromatic ring is 1. The van der Waals surface area contributed by atoms with E-state index in [2.05, 4.69) is 17.6 Å². The first-order valence-corrected chi connectivity index (χ1v) is 13.7. The SMILES string of the molecule is CCOC(=O)CC(N)C(=O)N1CCCC1C(=O)N1CCCC1CCc1cc2ccc(C(=N)N)cc2n1CC. The highest BCUT2D eigenvalue weighted by Gasteiger charge is 2.41. The molecule has 2 aliphatic rings. The summed E-state index contributed by atoms with van der Waals surface area (Å²) in [7, 11) is 0. The highest BCUT2D eigenvalue weighted by molar-refractivity contribution is 5.98. The van der Waals surface area contributed by atoms with Crippen molar-refractivity contribution in [1.82, 2.24) is 14.4 Å². The summed E-state index contributed by atoms with van der Waals surface area (Å²) in [4.78, 5) is 42.0. The second-order valence-electron chi connectivity index (χ2n) is 10.2. The monoisotopic (exact) mass is 524 g/mol. The number of hydrogen-bond acceptors (Lipinski definition) is 6. The maximum Gasteiger partial charge on any atom is 0.307 e. The Morgan fingerprint density at radius 2 is 1.84 bits per heavy atom. The fourth-order valence-electron chi connectivity index (χ4n) is 5.98. The molecule has 0 spiro atoms. The molecule has 5 N–H and O–H groups in total. The Balaban J connectivity index is 1.43. The Hall–Kier alpha value is -3.40. The van der Waals surface area contributed by atoms with Crippen LogP contribution in [0.2, 0.25) is 0 Å². The minimum absolute atomic E-state index is 0.0104. The van der Waals surface area contributed by atoms with Gasteiger partial charge in [0.25, 0.3) is 0 Å². The molecular weight excluding hydrogens is 484 g/mol. The first-order chi connectivity index (χ1) is 18.2. The molecular formula is C28H40N6O4. The number of benzene rings is 1. The molecule has 0 radical (unpaired) electrons. The molecule has 0 bridgehead atoms. The minimum atomic E-state index is -1.00. The summed E-state index contributed by atoms with van der Waals surface area (Å²) in [6.45, 7) is 6.02. The maximum atomic E-state index is 13.7. The first-order valence-electron chi connectivity index (χ1n) is 13.7. The van der Waals surface area contributed by atoms with E-state index in [1.54, 1.807) is 11.8 Å². The largest absolute Gasteiger partial charge is 0.466 e. The van der Waals surface area contributed by atoms with Gasteiger partial charge in [0.15, 0.2) is 0 Å². The van der Waals surface area contributed by atoms with Crippen molar-refractivity contribution in [2.24, 2.45) is 11.5 Å². The van der Waals surface area contributed by atoms with Crippen molar-refractivity contribution < 1.29 is 19.1 Å². The molecule has 10 heteroatoms. The number of nitrogens with one attached hydrogen (secondary N) is 1. The number of aryl methyl sites for hydroxylation is 2. The summed E-state index contributed by atoms with van der Waals surface area (Å²) in [5.74, 6) is -0.818. The number of nitrogens with zero attached hydrogens (tertiary/aromatic N) is 3. The van der Waals surface area contributed by atoms with Gasteiger partial charge >= 0.3 is 5.97 Å². The molecule has 38 heavy (non-hydrogen) atoms. The fraction of sp³-hybridized carbons (Fsp3) is 0.571. The second kappa shape index (κ2) is 12.0. The van der Waals surface area contributed by atoms with E-state index in [4.69, 9.17) is 21.6 Å². The third kappa shape index (κ3) is 5.70. The third-order valence-electron chi connectivity index (χ3n) is 7.84. The van der Waals surface area contributed by atoms with Gasteiger partial charge in [-0.05, 0) is 69.9 Å². The van der Waals surface area contributed by atoms with E-state index >= 15 is 0 Å². The zero-order valence-electron chi connectivity index (χ0n) is 22.4. The molecule has 3 atom stereocenters. The van der Waals surface area contributed by atoms with Crippen LogP contribution in [0.1, 0.15) is 63.6 Å². The van der Waals surface area contributed by atoms with Gasteiger partial charge in [0.2, 0.25) is 11.8 Å². The normalized spacial score (nSPS) is 20.2. The molecule has 2 aromatic rings. The molecule has 10 nitrogen and oxygen atoms in total. The van der Waals surface area contributed by atoms with Gasteiger partial charge in [0.1, 0.15) is 11.9 Å². The van der Waals surface area contributed by atoms with Crippen molar-refractivity contribution in [2.45, 2.75) is 83.5 Å². The van der Waals surface area contributed by atoms with Crippen LogP contribution in [0.4, 0.5) is 0 Å². The number of nitrogens with two attached hydrogens (primary N) is 2. The number of fused-ring (bicyclic) bond motifs is 1. The quantitative estimate of drug-likeness (QED) is 0.246. The number of carbonyl (C=O) groups is 3. The molecule has 4 rings (SSSR count). The highest BCUT2D eigenvalue weighted by atomic mass is 16.5. The minimum Gasteiger partial charge on any atom is -0.466 e. The van der Waals surface area contributed by atoms with Crippen LogP contribution >= 0.6 is 0 Å². The Bertz CT molecular complexity index is 1210. The highest BCUT2D eigenvalue weighted by Crippen LogP contribution is 2.29. The lowest BCUT2D eigenvalue weighted by atomic mass is 10.1. The number of amides is 2. The Morgan fingerprint density at radius 3 is 2.55 bits per heavy atom. The Kier molecular flexibility index (Phi) is 8.71. The van der Waals surface area contributed by atoms with Gasteiger partial charge in [-0.3, -0.25) is 19.8 Å². The summed E-state index contributed by atoms with van der Waals surface area (Å²) in [5.41, 5.74) is 14.7. The summed E-state index contributed by atoms with van der Waals surface area (Å²) >= 11 is 0. The maximum absolute atomic E-state index is 13.7. The second-order valence-corrected chi connectivity index (χ2v) is 10.2. The molecule has 0 saturated carbocycles. The molecule has 2 aliphatic heterocycles. The summed E-state index contributed by atoms with van der Waals surface area (Å²) in [6.07, 6.45) is 4.71. The van der Waals surface area contributed by atoms with Crippen molar-refractivity contribution >= 4 is 34.5 Å². The predicted molar refractivity (Wildman–Crippen MR) is 146 cm³/mol. The molecule has 3 heterocycles. The molecule has 2 fully saturated rings. The van der Waals surface area contributed by atoms with E-state index in [-0.39, 0.29) is 36.7 Å². The van der Waals surface area contributed by atoms with Crippen LogP contribution in [0.25, 0.3) is 10.9 Å². The molecule has 2 saturated heterocycles. The van der Waals surface area contributed by atoms with Crippen molar-refractivity contribution in [3.05, 3.63) is 35.5 Å². The smallest absolute Gasteiger partial charge is 0.307 e. The summed E-state index contributed by atoms with van der Waals surface area (Å²) < 4.78 is 7.18. The van der Waals surface area contributed by atoms with E-state index in [1.165, 1.54) is 5.69 Å². The molecule has 206 valence electrons. The van der Waals surface area contributed by atoms with Crippen LogP contribution in [0.15, 0.2) is 24.3 Å². The standard InChI is InChI=1S/C28H40N6O4/c1-3-32-21(15-18-9-10-19(26(30)31)16-24(18)32)12-11-20-7-5-13-33(20)28(37)23-8-6-14-34(23)27(36)22(29)17-25(35)38-4-2/h9-10,15-16,20,22-23H,3-8,11-14,17,29H2,1-2H3,(H3,30,31). The average Bonchev–Trinajstić information content (AvgIpc) is 3.64. The van der Waals surface area contributed by atoms with Crippen LogP contribution in [0.3, 0.4) is 0 Å². The molecule has 1 aromatic carbocycles. The summed E-state index contributed by atoms with van der Waals surface area (Å²) in [6, 6.07) is 6.62. The van der Waals surface area contributed by atoms with Crippen molar-refractivity contribution in [2.75, 3.05) is 19.7 Å². The first kappa shape index (κ1) is 27.6. The van der Waals surface area contributed by atoms with E-state index in [0.29, 0.717) is 25.1 Å². The van der Waals surface area contributed by atoms with Gasteiger partial charge in [-0.15, -0.1) is 0 Å². The zero-order chi connectivity index (χ0) is 27.4. The lowest BCUT2D eigenvalue weighted by molar-refractivity contribution is -0.148. The number of likely N-dealkylation sites (tertiary alicyclic amines) is 2. The number of ether oxygens (including phenoxy) is 1. The van der Waals surface area contributed by atoms with Gasteiger partial charge in [-0.25, -0.2) is 0 Å². The molecule has 3 unspecified atom stereocenters. The Labute approximate surface area is 223 Å². The lowest BCUT2D eigenvalue weighted by Gasteiger charge is -2.32. The number of aromatic nitrogens is 1. The van der Waals surface area contributed by atoms with Gasteiger partial charge < -0.3 is 30.6 Å². The number of rotatable bonds is 10. The number of carbonyl (C=O) groups excluding carboxylic acids is 3. The van der Waals surface area contributed by atoms with Crippen molar-refractivity contribution in [3.8, 4) is 0 Å². The zero-order valence-corrected chi connectivity index (χ0v) is 22.4. The third-order valence-corrected chi connectivity index (χ3v) is 7.84. The topological polar surface area (TPSA) is 148 Å². The van der Waals surface area contributed by atoms with Gasteiger partial charge in [-0.2, -0.15) is 0 Å². The average molecular weight is 525 g/mol. The van der Waals surface area contributed by atoms with Crippen LogP contribution in [-0.4, -0.2) is 75.8 Å². The molecule has 2 amide bonds. The number of amidine groups is 1. The lowest BCUT2D eigenvalue weighted by Crippen LogP contribution is -2.53. The van der Waals surface area contributed by atoms with E-state index < -0.39 is 18.1 Å². The number of esters is 1. The van der Waals surface area contributed by atoms with Gasteiger partial charge in [0.05, 0.1) is 19.1 Å². The molecule has 0 aliphatic carbocycles. The van der Waals surface area contributed by atoms with Crippen LogP contribution in [-0.2, 0) is 32.1 Å². The van der Waals surface area contributed by atoms with E-state index in [1.807, 2.05) is 23.1 Å². The summed E-state index contributed by atoms with van der Waals surface area (Å²) in [5, 5.41) is 8.88. The fourth-order valence-corrected chi connectivity index (χ4v) is 5.98. The Morgan fingerprint density at radius 1 is 1.11 bits per heavy atom. The van der Waals surface area contributed by atoms with Crippen molar-refractivity contribution in [1.29, 1.82) is 5.41 Å². The van der Waals surface area contributed by atoms with Crippen LogP contribution in [0, 0.1) is 5.41 Å². The van der Waals surface area contributed by atoms with Crippen molar-refractivity contribution in [3.63, 3.8) is 0 Å². The van der Waals surface area contributed by atoms with Gasteiger partial charge in [0, 0.05) is 42.5 Å². The van der Waals surface area contributed by atoms with E-state index in [0.717, 1.165) is 49.6 Å². The van der Waals surface area contributed by atoms with Gasteiger partial charge in [-0.1, -0.05) is 12.1 Å². The number of hydrogen-bond donors (Lipinski definition) is 3. The van der Waals surface area contributed by atoms with Crippen LogP contribution in [0.5, 0.6) is 0 Å². The van der Waals surface area contributed by atoms with E-state index in [9.17, 15) is 14.4 Å². The van der Waals surface area contributed by atoms with Crippen LogP contribution < -0.4 is 11.5 Å².